The van der Waals surface area contributed by atoms with Crippen molar-refractivity contribution in [1.82, 2.24) is 0 Å². The summed E-state index contributed by atoms with van der Waals surface area (Å²) < 4.78 is 34.0. The van der Waals surface area contributed by atoms with Crippen LogP contribution in [0.4, 0.5) is 0 Å². The molecule has 0 saturated carbocycles. The van der Waals surface area contributed by atoms with Crippen molar-refractivity contribution in [3.8, 4) is 34.5 Å². The molecule has 5 rings (SSSR count). The van der Waals surface area contributed by atoms with Gasteiger partial charge < -0.3 is 28.4 Å². The Hall–Kier alpha value is -6.13. The van der Waals surface area contributed by atoms with Gasteiger partial charge in [-0.3, -0.25) is 0 Å². The number of rotatable bonds is 40. The van der Waals surface area contributed by atoms with Crippen LogP contribution >= 0.6 is 11.6 Å². The van der Waals surface area contributed by atoms with Crippen LogP contribution in [0.15, 0.2) is 115 Å². The molecular weight excluding hydrogens is 988 g/mol. The number of hydrogen-bond donors (Lipinski definition) is 0. The SMILES string of the molecule is CCCCCCCCCCCCCCCCOc1ccc(C(=O)Oc2ccc(C(=O)Oc3ccc(Cl)c(OC(=O)c4ccc(OC(=O)c5ccc(OCCCCCCCCCCCCCCCC)cc5)cc4)c3)cc2)cc1. The van der Waals surface area contributed by atoms with Crippen molar-refractivity contribution >= 4 is 35.5 Å². The lowest BCUT2D eigenvalue weighted by atomic mass is 10.0. The molecule has 0 spiro atoms. The van der Waals surface area contributed by atoms with E-state index in [4.69, 9.17) is 40.0 Å². The Morgan fingerprint density at radius 2 is 0.545 bits per heavy atom. The lowest BCUT2D eigenvalue weighted by Crippen LogP contribution is -2.11. The Balaban J connectivity index is 0.939. The molecule has 416 valence electrons. The molecular formula is C66H85ClO10. The number of esters is 4. The molecule has 10 nitrogen and oxygen atoms in total. The minimum Gasteiger partial charge on any atom is -0.494 e. The molecule has 0 atom stereocenters. The molecule has 0 aromatic heterocycles. The minimum atomic E-state index is -0.734. The maximum Gasteiger partial charge on any atom is 0.343 e. The fourth-order valence-corrected chi connectivity index (χ4v) is 9.10. The quantitative estimate of drug-likeness (QED) is 0.0213. The molecule has 5 aromatic rings. The van der Waals surface area contributed by atoms with Gasteiger partial charge >= 0.3 is 23.9 Å². The molecule has 0 saturated heterocycles. The lowest BCUT2D eigenvalue weighted by molar-refractivity contribution is 0.0723. The molecule has 0 N–H and O–H groups in total. The van der Waals surface area contributed by atoms with Gasteiger partial charge in [0.05, 0.1) is 40.5 Å². The molecule has 0 aliphatic rings. The van der Waals surface area contributed by atoms with Crippen LogP contribution in [-0.4, -0.2) is 37.1 Å². The fraction of sp³-hybridized carbons (Fsp3) is 0.485. The van der Waals surface area contributed by atoms with Crippen LogP contribution in [0.3, 0.4) is 0 Å². The first-order valence-corrected chi connectivity index (χ1v) is 29.4. The highest BCUT2D eigenvalue weighted by molar-refractivity contribution is 6.32. The molecule has 0 bridgehead atoms. The third-order valence-electron chi connectivity index (χ3n) is 13.6. The molecule has 0 heterocycles. The second-order valence-electron chi connectivity index (χ2n) is 20.1. The van der Waals surface area contributed by atoms with Crippen molar-refractivity contribution in [3.63, 3.8) is 0 Å². The predicted octanol–water partition coefficient (Wildman–Crippen LogP) is 18.9. The second-order valence-corrected chi connectivity index (χ2v) is 20.5. The molecule has 0 fully saturated rings. The van der Waals surface area contributed by atoms with Gasteiger partial charge in [-0.25, -0.2) is 19.2 Å². The summed E-state index contributed by atoms with van der Waals surface area (Å²) in [5.74, 6) is -0.597. The highest BCUT2D eigenvalue weighted by atomic mass is 35.5. The van der Waals surface area contributed by atoms with Crippen LogP contribution in [0, 0.1) is 0 Å². The van der Waals surface area contributed by atoms with Gasteiger partial charge in [0, 0.05) is 6.07 Å². The van der Waals surface area contributed by atoms with E-state index in [2.05, 4.69) is 13.8 Å². The van der Waals surface area contributed by atoms with E-state index in [0.29, 0.717) is 35.8 Å². The van der Waals surface area contributed by atoms with Crippen molar-refractivity contribution in [2.24, 2.45) is 0 Å². The van der Waals surface area contributed by atoms with E-state index < -0.39 is 23.9 Å². The van der Waals surface area contributed by atoms with E-state index in [-0.39, 0.29) is 39.1 Å². The molecule has 11 heteroatoms. The Morgan fingerprint density at radius 3 is 0.857 bits per heavy atom. The molecule has 0 unspecified atom stereocenters. The van der Waals surface area contributed by atoms with Crippen molar-refractivity contribution in [2.75, 3.05) is 13.2 Å². The van der Waals surface area contributed by atoms with Crippen LogP contribution in [0.5, 0.6) is 34.5 Å². The first-order valence-electron chi connectivity index (χ1n) is 29.1. The summed E-state index contributed by atoms with van der Waals surface area (Å²) in [7, 11) is 0. The Bertz CT molecular complexity index is 2430. The fourth-order valence-electron chi connectivity index (χ4n) is 8.95. The van der Waals surface area contributed by atoms with Gasteiger partial charge in [0.1, 0.15) is 28.7 Å². The van der Waals surface area contributed by atoms with E-state index in [0.717, 1.165) is 25.7 Å². The first-order chi connectivity index (χ1) is 37.7. The van der Waals surface area contributed by atoms with Crippen LogP contribution in [-0.2, 0) is 0 Å². The summed E-state index contributed by atoms with van der Waals surface area (Å²) in [5, 5.41) is 0.114. The van der Waals surface area contributed by atoms with E-state index in [1.54, 1.807) is 48.5 Å². The van der Waals surface area contributed by atoms with E-state index in [1.165, 1.54) is 221 Å². The predicted molar refractivity (Wildman–Crippen MR) is 309 cm³/mol. The van der Waals surface area contributed by atoms with Gasteiger partial charge in [0.25, 0.3) is 0 Å². The number of unbranched alkanes of at least 4 members (excludes halogenated alkanes) is 26. The monoisotopic (exact) mass is 1070 g/mol. The molecule has 0 radical (unpaired) electrons. The maximum absolute atomic E-state index is 13.1. The Kier molecular flexibility index (Phi) is 30.1. The maximum atomic E-state index is 13.1. The Labute approximate surface area is 464 Å². The van der Waals surface area contributed by atoms with E-state index in [9.17, 15) is 19.2 Å². The van der Waals surface area contributed by atoms with E-state index >= 15 is 0 Å². The number of ether oxygens (including phenoxy) is 6. The smallest absolute Gasteiger partial charge is 0.343 e. The average molecular weight is 1070 g/mol. The van der Waals surface area contributed by atoms with Gasteiger partial charge in [0.15, 0.2) is 5.75 Å². The lowest BCUT2D eigenvalue weighted by Gasteiger charge is -2.10. The molecule has 0 aliphatic heterocycles. The summed E-state index contributed by atoms with van der Waals surface area (Å²) in [5.41, 5.74) is 1.08. The number of halogens is 1. The van der Waals surface area contributed by atoms with Crippen LogP contribution in [0.25, 0.3) is 0 Å². The van der Waals surface area contributed by atoms with Crippen molar-refractivity contribution < 1.29 is 47.6 Å². The van der Waals surface area contributed by atoms with Crippen molar-refractivity contribution in [1.29, 1.82) is 0 Å². The van der Waals surface area contributed by atoms with Gasteiger partial charge in [-0.15, -0.1) is 0 Å². The number of hydrogen-bond acceptors (Lipinski definition) is 10. The summed E-state index contributed by atoms with van der Waals surface area (Å²) in [6, 6.07) is 29.8. The number of carbonyl (C=O) groups excluding carboxylic acids is 4. The van der Waals surface area contributed by atoms with Crippen LogP contribution < -0.4 is 28.4 Å². The van der Waals surface area contributed by atoms with Crippen molar-refractivity contribution in [3.05, 3.63) is 143 Å². The highest BCUT2D eigenvalue weighted by Crippen LogP contribution is 2.31. The molecule has 0 amide bonds. The minimum absolute atomic E-state index is 0.0311. The van der Waals surface area contributed by atoms with Crippen LogP contribution in [0.1, 0.15) is 235 Å². The molecule has 5 aromatic carbocycles. The van der Waals surface area contributed by atoms with Gasteiger partial charge in [0.2, 0.25) is 0 Å². The summed E-state index contributed by atoms with van der Waals surface area (Å²) in [6.07, 6.45) is 36.6. The molecule has 0 aliphatic carbocycles. The first kappa shape index (κ1) is 61.7. The molecule has 77 heavy (non-hydrogen) atoms. The second kappa shape index (κ2) is 37.6. The Morgan fingerprint density at radius 1 is 0.299 bits per heavy atom. The summed E-state index contributed by atoms with van der Waals surface area (Å²) in [6.45, 7) is 5.79. The number of carbonyl (C=O) groups is 4. The summed E-state index contributed by atoms with van der Waals surface area (Å²) in [4.78, 5) is 52.0. The zero-order chi connectivity index (χ0) is 54.6. The zero-order valence-electron chi connectivity index (χ0n) is 46.1. The van der Waals surface area contributed by atoms with Crippen molar-refractivity contribution in [2.45, 2.75) is 194 Å². The topological polar surface area (TPSA) is 124 Å². The average Bonchev–Trinajstić information content (AvgIpc) is 3.45. The standard InChI is InChI=1S/C66H85ClO10/c1-3-5-7-9-11-13-15-17-19-21-23-25-27-29-49-72-56-39-31-52(32-40-56)63(68)74-58-43-35-54(36-44-58)65(70)76-60-47-48-61(67)62(51-60)77-66(71)55-37-45-59(46-38-55)75-64(69)53-33-41-57(42-34-53)73-50-30-28-26-24-22-20-18-16-14-12-10-8-6-4-2/h31-48,51H,3-30,49-50H2,1-2H3. The highest BCUT2D eigenvalue weighted by Gasteiger charge is 2.17. The summed E-state index contributed by atoms with van der Waals surface area (Å²) >= 11 is 6.36. The van der Waals surface area contributed by atoms with Gasteiger partial charge in [-0.05, 0) is 122 Å². The third-order valence-corrected chi connectivity index (χ3v) is 13.9. The van der Waals surface area contributed by atoms with Crippen LogP contribution in [0.2, 0.25) is 5.02 Å². The van der Waals surface area contributed by atoms with Gasteiger partial charge in [-0.2, -0.15) is 0 Å². The van der Waals surface area contributed by atoms with E-state index in [1.807, 2.05) is 0 Å². The van der Waals surface area contributed by atoms with Gasteiger partial charge in [-0.1, -0.05) is 192 Å². The zero-order valence-corrected chi connectivity index (χ0v) is 46.9. The number of benzene rings is 5. The largest absolute Gasteiger partial charge is 0.494 e. The third kappa shape index (κ3) is 25.3. The normalized spacial score (nSPS) is 11.0.